The van der Waals surface area contributed by atoms with Gasteiger partial charge in [0.1, 0.15) is 5.82 Å². The van der Waals surface area contributed by atoms with Crippen molar-refractivity contribution in [2.75, 3.05) is 12.4 Å². The Morgan fingerprint density at radius 2 is 2.00 bits per heavy atom. The van der Waals surface area contributed by atoms with Crippen molar-refractivity contribution in [2.24, 2.45) is 7.05 Å². The first-order valence-corrected chi connectivity index (χ1v) is 11.2. The lowest BCUT2D eigenvalue weighted by Gasteiger charge is -2.13. The lowest BCUT2D eigenvalue weighted by atomic mass is 10.00. The molecule has 33 heavy (non-hydrogen) atoms. The average molecular weight is 487 g/mol. The van der Waals surface area contributed by atoms with Crippen LogP contribution in [0.2, 0.25) is 10.0 Å². The Bertz CT molecular complexity index is 1340. The van der Waals surface area contributed by atoms with Crippen LogP contribution in [-0.2, 0) is 24.8 Å². The van der Waals surface area contributed by atoms with Crippen LogP contribution in [0.5, 0.6) is 5.88 Å². The highest BCUT2D eigenvalue weighted by Crippen LogP contribution is 2.30. The number of halogens is 2. The van der Waals surface area contributed by atoms with Crippen LogP contribution in [0.3, 0.4) is 0 Å². The van der Waals surface area contributed by atoms with E-state index >= 15 is 0 Å². The number of aryl methyl sites for hydroxylation is 3. The van der Waals surface area contributed by atoms with Gasteiger partial charge in [-0.25, -0.2) is 14.3 Å². The molecule has 3 aromatic heterocycles. The number of ether oxygens (including phenoxy) is 1. The van der Waals surface area contributed by atoms with E-state index in [9.17, 15) is 4.79 Å². The van der Waals surface area contributed by atoms with Gasteiger partial charge in [-0.1, -0.05) is 35.3 Å². The van der Waals surface area contributed by atoms with Gasteiger partial charge in [-0.15, -0.1) is 5.10 Å². The molecule has 0 aliphatic carbocycles. The molecular weight excluding hydrogens is 463 g/mol. The number of aromatic nitrogens is 5. The number of fused-ring (bicyclic) bond motifs is 1. The van der Waals surface area contributed by atoms with Gasteiger partial charge in [-0.05, 0) is 43.0 Å². The van der Waals surface area contributed by atoms with E-state index in [0.717, 1.165) is 33.4 Å². The molecule has 172 valence electrons. The molecular formula is C23H24Cl2N6O2. The molecule has 0 bridgehead atoms. The van der Waals surface area contributed by atoms with Crippen molar-refractivity contribution >= 4 is 46.0 Å². The van der Waals surface area contributed by atoms with E-state index in [2.05, 4.69) is 20.5 Å². The Kier molecular flexibility index (Phi) is 6.58. The van der Waals surface area contributed by atoms with Gasteiger partial charge in [0, 0.05) is 25.2 Å². The maximum Gasteiger partial charge on any atom is 0.242 e. The third-order valence-electron chi connectivity index (χ3n) is 5.65. The van der Waals surface area contributed by atoms with Crippen molar-refractivity contribution in [1.29, 1.82) is 0 Å². The molecule has 10 heteroatoms. The highest BCUT2D eigenvalue weighted by Gasteiger charge is 2.19. The molecule has 1 aromatic carbocycles. The molecule has 0 saturated carbocycles. The first kappa shape index (κ1) is 23.1. The number of rotatable bonds is 7. The Balaban J connectivity index is 1.48. The molecule has 0 fully saturated rings. The second-order valence-electron chi connectivity index (χ2n) is 7.77. The largest absolute Gasteiger partial charge is 0.479 e. The summed E-state index contributed by atoms with van der Waals surface area (Å²) in [6.45, 7) is 4.35. The smallest absolute Gasteiger partial charge is 0.242 e. The fraction of sp³-hybridized carbons (Fsp3) is 0.304. The molecule has 0 radical (unpaired) electrons. The molecule has 0 unspecified atom stereocenters. The van der Waals surface area contributed by atoms with Gasteiger partial charge in [0.15, 0.2) is 5.65 Å². The van der Waals surface area contributed by atoms with Crippen LogP contribution < -0.4 is 10.1 Å². The topological polar surface area (TPSA) is 86.9 Å². The summed E-state index contributed by atoms with van der Waals surface area (Å²) in [4.78, 5) is 17.4. The standard InChI is InChI=1S/C23H24Cl2N6O2/c1-13-16(14(2)27-22-20(13)23(33-4)29-30(22)3)8-9-19(32)28-18-10-11-26-31(18)12-15-6-5-7-17(24)21(15)25/h5-7,10-11H,8-9,12H2,1-4H3,(H,28,32). The van der Waals surface area contributed by atoms with E-state index in [-0.39, 0.29) is 5.91 Å². The number of carbonyl (C=O) groups excluding carboxylic acids is 1. The predicted octanol–water partition coefficient (Wildman–Crippen LogP) is 4.72. The van der Waals surface area contributed by atoms with Gasteiger partial charge in [0.25, 0.3) is 0 Å². The monoisotopic (exact) mass is 486 g/mol. The summed E-state index contributed by atoms with van der Waals surface area (Å²) in [7, 11) is 3.43. The Morgan fingerprint density at radius 3 is 2.76 bits per heavy atom. The average Bonchev–Trinajstić information content (AvgIpc) is 3.34. The third kappa shape index (κ3) is 4.54. The Morgan fingerprint density at radius 1 is 1.21 bits per heavy atom. The molecule has 4 rings (SSSR count). The molecule has 0 aliphatic heterocycles. The summed E-state index contributed by atoms with van der Waals surface area (Å²) in [5.74, 6) is 1.00. The van der Waals surface area contributed by atoms with Crippen LogP contribution in [0, 0.1) is 13.8 Å². The highest BCUT2D eigenvalue weighted by molar-refractivity contribution is 6.42. The second kappa shape index (κ2) is 9.41. The molecule has 4 aromatic rings. The van der Waals surface area contributed by atoms with E-state index in [4.69, 9.17) is 27.9 Å². The zero-order valence-electron chi connectivity index (χ0n) is 18.8. The zero-order chi connectivity index (χ0) is 23.7. The van der Waals surface area contributed by atoms with Crippen molar-refractivity contribution < 1.29 is 9.53 Å². The van der Waals surface area contributed by atoms with E-state index in [1.54, 1.807) is 34.8 Å². The SMILES string of the molecule is COc1nn(C)c2nc(C)c(CCC(=O)Nc3ccnn3Cc3cccc(Cl)c3Cl)c(C)c12. The number of anilines is 1. The van der Waals surface area contributed by atoms with Crippen molar-refractivity contribution in [3.05, 3.63) is 62.9 Å². The number of pyridine rings is 1. The van der Waals surface area contributed by atoms with Crippen LogP contribution in [0.1, 0.15) is 28.8 Å². The van der Waals surface area contributed by atoms with Crippen LogP contribution in [0.15, 0.2) is 30.5 Å². The molecule has 0 atom stereocenters. The number of carbonyl (C=O) groups is 1. The second-order valence-corrected chi connectivity index (χ2v) is 8.55. The minimum atomic E-state index is -0.119. The maximum absolute atomic E-state index is 12.8. The van der Waals surface area contributed by atoms with Gasteiger partial charge in [0.2, 0.25) is 11.8 Å². The molecule has 0 saturated heterocycles. The first-order valence-electron chi connectivity index (χ1n) is 10.4. The van der Waals surface area contributed by atoms with Crippen molar-refractivity contribution in [2.45, 2.75) is 33.2 Å². The number of nitrogens with one attached hydrogen (secondary N) is 1. The molecule has 0 aliphatic rings. The van der Waals surface area contributed by atoms with Crippen molar-refractivity contribution in [1.82, 2.24) is 24.5 Å². The molecule has 8 nitrogen and oxygen atoms in total. The lowest BCUT2D eigenvalue weighted by molar-refractivity contribution is -0.116. The predicted molar refractivity (Wildman–Crippen MR) is 129 cm³/mol. The van der Waals surface area contributed by atoms with Crippen molar-refractivity contribution in [3.8, 4) is 5.88 Å². The van der Waals surface area contributed by atoms with Crippen LogP contribution in [-0.4, -0.2) is 37.6 Å². The van der Waals surface area contributed by atoms with E-state index < -0.39 is 0 Å². The molecule has 3 heterocycles. The fourth-order valence-corrected chi connectivity index (χ4v) is 4.33. The lowest BCUT2D eigenvalue weighted by Crippen LogP contribution is -2.17. The molecule has 1 amide bonds. The van der Waals surface area contributed by atoms with Gasteiger partial charge in [-0.3, -0.25) is 4.79 Å². The summed E-state index contributed by atoms with van der Waals surface area (Å²) >= 11 is 12.4. The Labute approximate surface area is 201 Å². The van der Waals surface area contributed by atoms with Gasteiger partial charge < -0.3 is 10.1 Å². The van der Waals surface area contributed by atoms with Crippen LogP contribution in [0.25, 0.3) is 11.0 Å². The summed E-state index contributed by atoms with van der Waals surface area (Å²) in [5.41, 5.74) is 4.50. The number of methoxy groups -OCH3 is 1. The van der Waals surface area contributed by atoms with E-state index in [0.29, 0.717) is 41.1 Å². The maximum atomic E-state index is 12.8. The van der Waals surface area contributed by atoms with Gasteiger partial charge >= 0.3 is 0 Å². The first-order chi connectivity index (χ1) is 15.8. The highest BCUT2D eigenvalue weighted by atomic mass is 35.5. The van der Waals surface area contributed by atoms with Gasteiger partial charge in [-0.2, -0.15) is 5.10 Å². The number of hydrogen-bond donors (Lipinski definition) is 1. The summed E-state index contributed by atoms with van der Waals surface area (Å²) in [6, 6.07) is 7.19. The Hall–Kier alpha value is -3.10. The minimum absolute atomic E-state index is 0.119. The zero-order valence-corrected chi connectivity index (χ0v) is 20.3. The number of hydrogen-bond acceptors (Lipinski definition) is 5. The summed E-state index contributed by atoms with van der Waals surface area (Å²) in [6.07, 6.45) is 2.47. The number of nitrogens with zero attached hydrogens (tertiary/aromatic N) is 5. The summed E-state index contributed by atoms with van der Waals surface area (Å²) in [5, 5.41) is 13.5. The van der Waals surface area contributed by atoms with Crippen LogP contribution >= 0.6 is 23.2 Å². The van der Waals surface area contributed by atoms with Gasteiger partial charge in [0.05, 0.1) is 35.3 Å². The van der Waals surface area contributed by atoms with E-state index in [1.165, 1.54) is 0 Å². The van der Waals surface area contributed by atoms with E-state index in [1.807, 2.05) is 33.0 Å². The molecule has 1 N–H and O–H groups in total. The fourth-order valence-electron chi connectivity index (χ4n) is 3.95. The van der Waals surface area contributed by atoms with Crippen molar-refractivity contribution in [3.63, 3.8) is 0 Å². The summed E-state index contributed by atoms with van der Waals surface area (Å²) < 4.78 is 8.81. The minimum Gasteiger partial charge on any atom is -0.479 e. The quantitative estimate of drug-likeness (QED) is 0.408. The third-order valence-corrected chi connectivity index (χ3v) is 6.51. The number of benzene rings is 1. The number of amides is 1. The normalized spacial score (nSPS) is 11.2. The molecule has 0 spiro atoms. The van der Waals surface area contributed by atoms with Crippen LogP contribution in [0.4, 0.5) is 5.82 Å².